The van der Waals surface area contributed by atoms with E-state index in [1.165, 1.54) is 120 Å². The second-order valence-corrected chi connectivity index (χ2v) is 18.1. The number of hydrogen-bond donors (Lipinski definition) is 0. The Morgan fingerprint density at radius 2 is 0.931 bits per heavy atom. The summed E-state index contributed by atoms with van der Waals surface area (Å²) in [5.41, 5.74) is 16.4. The average Bonchev–Trinajstić information content (AvgIpc) is 3.88. The molecular weight excluding hydrogens is 701 g/mol. The summed E-state index contributed by atoms with van der Waals surface area (Å²) >= 11 is 0. The van der Waals surface area contributed by atoms with Crippen molar-refractivity contribution in [2.75, 3.05) is 0 Å². The minimum absolute atomic E-state index is 0.149. The molecule has 0 unspecified atom stereocenters. The van der Waals surface area contributed by atoms with Crippen LogP contribution in [0.5, 0.6) is 0 Å². The molecule has 4 saturated carbocycles. The molecule has 2 aromatic heterocycles. The van der Waals surface area contributed by atoms with Gasteiger partial charge in [-0.3, -0.25) is 0 Å². The van der Waals surface area contributed by atoms with Gasteiger partial charge in [-0.2, -0.15) is 0 Å². The number of hydrogen-bond acceptors (Lipinski definition) is 0. The van der Waals surface area contributed by atoms with Crippen molar-refractivity contribution < 1.29 is 0 Å². The van der Waals surface area contributed by atoms with Crippen molar-refractivity contribution in [2.24, 2.45) is 23.7 Å². The van der Waals surface area contributed by atoms with E-state index in [-0.39, 0.29) is 5.41 Å². The Balaban J connectivity index is 0.939. The van der Waals surface area contributed by atoms with Crippen LogP contribution in [0.3, 0.4) is 0 Å². The highest BCUT2D eigenvalue weighted by molar-refractivity contribution is 6.13. The van der Waals surface area contributed by atoms with Crippen LogP contribution in [0.4, 0.5) is 0 Å². The lowest BCUT2D eigenvalue weighted by atomic mass is 9.43. The van der Waals surface area contributed by atoms with Gasteiger partial charge >= 0.3 is 0 Å². The first-order valence-electron chi connectivity index (χ1n) is 21.5. The van der Waals surface area contributed by atoms with Crippen molar-refractivity contribution in [3.63, 3.8) is 0 Å². The van der Waals surface area contributed by atoms with Gasteiger partial charge in [0.1, 0.15) is 0 Å². The van der Waals surface area contributed by atoms with E-state index in [0.29, 0.717) is 0 Å². The molecule has 4 fully saturated rings. The Morgan fingerprint density at radius 1 is 0.379 bits per heavy atom. The van der Waals surface area contributed by atoms with Gasteiger partial charge in [-0.1, -0.05) is 115 Å². The lowest BCUT2D eigenvalue weighted by molar-refractivity contribution is -0.0399. The maximum atomic E-state index is 2.64. The molecule has 2 heteroatoms. The number of nitrogens with zero attached hydrogens (tertiary/aromatic N) is 2. The fourth-order valence-corrected chi connectivity index (χ4v) is 13.5. The molecule has 2 nitrogen and oxygen atoms in total. The van der Waals surface area contributed by atoms with Gasteiger partial charge in [0.05, 0.1) is 27.8 Å². The molecule has 0 saturated heterocycles. The molecule has 1 spiro atoms. The summed E-state index contributed by atoms with van der Waals surface area (Å²) in [4.78, 5) is 0. The van der Waals surface area contributed by atoms with Crippen LogP contribution < -0.4 is 0 Å². The maximum absolute atomic E-state index is 2.64. The van der Waals surface area contributed by atoms with Gasteiger partial charge < -0.3 is 9.13 Å². The molecule has 5 aliphatic carbocycles. The van der Waals surface area contributed by atoms with Gasteiger partial charge in [0, 0.05) is 38.0 Å². The monoisotopic (exact) mass is 742 g/mol. The first-order valence-corrected chi connectivity index (χ1v) is 21.5. The predicted molar refractivity (Wildman–Crippen MR) is 241 cm³/mol. The van der Waals surface area contributed by atoms with Gasteiger partial charge in [0.2, 0.25) is 0 Å². The molecule has 8 aromatic carbocycles. The van der Waals surface area contributed by atoms with Crippen LogP contribution in [0.1, 0.15) is 43.2 Å². The highest BCUT2D eigenvalue weighted by Gasteiger charge is 2.61. The van der Waals surface area contributed by atoms with E-state index in [1.54, 1.807) is 11.1 Å². The van der Waals surface area contributed by atoms with Crippen molar-refractivity contribution in [1.29, 1.82) is 0 Å². The summed E-state index contributed by atoms with van der Waals surface area (Å²) in [5, 5.41) is 7.69. The lowest BCUT2D eigenvalue weighted by Gasteiger charge is -2.61. The molecule has 0 aliphatic heterocycles. The normalized spacial score (nSPS) is 22.9. The van der Waals surface area contributed by atoms with Crippen LogP contribution in [-0.2, 0) is 5.41 Å². The Labute approximate surface area is 338 Å². The van der Waals surface area contributed by atoms with Crippen LogP contribution in [-0.4, -0.2) is 9.13 Å². The Kier molecular flexibility index (Phi) is 6.22. The van der Waals surface area contributed by atoms with E-state index < -0.39 is 0 Å². The zero-order valence-electron chi connectivity index (χ0n) is 32.4. The summed E-state index contributed by atoms with van der Waals surface area (Å²) in [5.74, 6) is 3.37. The third kappa shape index (κ3) is 4.03. The fourth-order valence-electron chi connectivity index (χ4n) is 13.5. The van der Waals surface area contributed by atoms with E-state index in [0.717, 1.165) is 23.7 Å². The molecule has 15 rings (SSSR count). The molecule has 0 atom stereocenters. The van der Waals surface area contributed by atoms with E-state index in [9.17, 15) is 0 Å². The van der Waals surface area contributed by atoms with Crippen molar-refractivity contribution in [3.8, 4) is 33.6 Å². The molecule has 5 aliphatic rings. The molecule has 10 aromatic rings. The number of para-hydroxylation sites is 2. The number of fused-ring (bicyclic) bond motifs is 10. The summed E-state index contributed by atoms with van der Waals surface area (Å²) in [6.45, 7) is 0. The van der Waals surface area contributed by atoms with Crippen LogP contribution in [0.2, 0.25) is 0 Å². The Hall–Kier alpha value is -6.38. The summed E-state index contributed by atoms with van der Waals surface area (Å²) in [6.07, 6.45) is 7.08. The number of rotatable bonds is 3. The van der Waals surface area contributed by atoms with Gasteiger partial charge in [-0.05, 0) is 149 Å². The second kappa shape index (κ2) is 11.4. The van der Waals surface area contributed by atoms with Crippen LogP contribution >= 0.6 is 0 Å². The molecule has 0 radical (unpaired) electrons. The van der Waals surface area contributed by atoms with Gasteiger partial charge in [0.25, 0.3) is 0 Å². The number of benzene rings is 8. The maximum Gasteiger partial charge on any atom is 0.0541 e. The molecule has 276 valence electrons. The number of aromatic nitrogens is 2. The first kappa shape index (κ1) is 31.7. The molecule has 58 heavy (non-hydrogen) atoms. The Bertz CT molecular complexity index is 3340. The van der Waals surface area contributed by atoms with Crippen LogP contribution in [0.15, 0.2) is 170 Å². The largest absolute Gasteiger partial charge is 0.309 e. The van der Waals surface area contributed by atoms with E-state index in [1.807, 2.05) is 0 Å². The molecule has 2 heterocycles. The minimum Gasteiger partial charge on any atom is -0.309 e. The predicted octanol–water partition coefficient (Wildman–Crippen LogP) is 14.4. The van der Waals surface area contributed by atoms with E-state index in [2.05, 4.69) is 179 Å². The third-order valence-electron chi connectivity index (χ3n) is 15.5. The quantitative estimate of drug-likeness (QED) is 0.171. The molecule has 0 amide bonds. The standard InChI is InChI=1S/C56H42N2/c1-2-12-42-36(10-1)11-9-19-51(42)58-53-18-8-5-15-46(53)48-32-38(21-25-55(48)58)37-20-24-54-47(31-37)45-14-4-7-17-52(45)57(54)41-22-23-44-43-13-3-6-16-49(43)56(50(44)33-41)39-27-34-26-35(29-39)30-40(56)28-34/h1-25,31-35,39-40H,26-30H2. The highest BCUT2D eigenvalue weighted by Crippen LogP contribution is 2.69. The van der Waals surface area contributed by atoms with Crippen molar-refractivity contribution >= 4 is 54.4 Å². The minimum atomic E-state index is 0.149. The van der Waals surface area contributed by atoms with Crippen LogP contribution in [0, 0.1) is 23.7 Å². The molecule has 0 N–H and O–H groups in total. The Morgan fingerprint density at radius 3 is 1.66 bits per heavy atom. The highest BCUT2D eigenvalue weighted by atomic mass is 15.0. The summed E-state index contributed by atoms with van der Waals surface area (Å²) in [7, 11) is 0. The lowest BCUT2D eigenvalue weighted by Crippen LogP contribution is -2.55. The molecule has 4 bridgehead atoms. The van der Waals surface area contributed by atoms with E-state index in [4.69, 9.17) is 0 Å². The average molecular weight is 743 g/mol. The van der Waals surface area contributed by atoms with Gasteiger partial charge in [0.15, 0.2) is 0 Å². The summed E-state index contributed by atoms with van der Waals surface area (Å²) in [6, 6.07) is 64.6. The summed E-state index contributed by atoms with van der Waals surface area (Å²) < 4.78 is 5.01. The van der Waals surface area contributed by atoms with Crippen molar-refractivity contribution in [1.82, 2.24) is 9.13 Å². The fraction of sp³-hybridized carbons (Fsp3) is 0.179. The van der Waals surface area contributed by atoms with Crippen molar-refractivity contribution in [2.45, 2.75) is 37.5 Å². The van der Waals surface area contributed by atoms with E-state index >= 15 is 0 Å². The van der Waals surface area contributed by atoms with Gasteiger partial charge in [-0.15, -0.1) is 0 Å². The zero-order chi connectivity index (χ0) is 37.7. The second-order valence-electron chi connectivity index (χ2n) is 18.1. The van der Waals surface area contributed by atoms with Gasteiger partial charge in [-0.25, -0.2) is 0 Å². The van der Waals surface area contributed by atoms with Crippen LogP contribution in [0.25, 0.3) is 88.0 Å². The first-order chi connectivity index (χ1) is 28.7. The zero-order valence-corrected chi connectivity index (χ0v) is 32.4. The topological polar surface area (TPSA) is 9.86 Å². The SMILES string of the molecule is c1ccc2c(c1)-c1ccc(-n3c4ccccc4c4cc(-c5ccc6c(c5)c5ccccc5n6-c5cccc6ccccc56)ccc43)cc1C21C2CC3CC(C2)CC1C3. The third-order valence-corrected chi connectivity index (χ3v) is 15.5. The molecular formula is C56H42N2. The van der Waals surface area contributed by atoms with Crippen molar-refractivity contribution in [3.05, 3.63) is 181 Å². The smallest absolute Gasteiger partial charge is 0.0541 e.